The molecule has 0 aromatic heterocycles. The van der Waals surface area contributed by atoms with E-state index in [1.54, 1.807) is 7.11 Å². The van der Waals surface area contributed by atoms with Crippen LogP contribution in [-0.2, 0) is 11.2 Å². The Hall–Kier alpha value is -1.16. The molecule has 0 unspecified atom stereocenters. The number of thioether (sulfide) groups is 1. The summed E-state index contributed by atoms with van der Waals surface area (Å²) in [4.78, 5) is 15.4. The number of carbonyl (C=O) groups is 1. The van der Waals surface area contributed by atoms with Crippen molar-refractivity contribution in [1.82, 2.24) is 4.90 Å². The van der Waals surface area contributed by atoms with E-state index >= 15 is 0 Å². The van der Waals surface area contributed by atoms with Crippen molar-refractivity contribution in [3.05, 3.63) is 29.3 Å². The smallest absolute Gasteiger partial charge is 0.228 e. The Morgan fingerprint density at radius 1 is 1.22 bits per heavy atom. The van der Waals surface area contributed by atoms with Gasteiger partial charge in [0.05, 0.1) is 24.4 Å². The maximum Gasteiger partial charge on any atom is 0.228 e. The van der Waals surface area contributed by atoms with Gasteiger partial charge in [-0.3, -0.25) is 4.79 Å². The minimum Gasteiger partial charge on any atom is -0.497 e. The first kappa shape index (κ1) is 15.4. The van der Waals surface area contributed by atoms with E-state index in [0.29, 0.717) is 12.3 Å². The van der Waals surface area contributed by atoms with Gasteiger partial charge in [-0.15, -0.1) is 11.8 Å². The Bertz CT molecular complexity index is 649. The molecule has 1 aliphatic carbocycles. The van der Waals surface area contributed by atoms with Gasteiger partial charge in [0.15, 0.2) is 0 Å². The minimum absolute atomic E-state index is 0.0289. The van der Waals surface area contributed by atoms with Gasteiger partial charge in [0.1, 0.15) is 5.75 Å². The van der Waals surface area contributed by atoms with E-state index < -0.39 is 0 Å². The lowest BCUT2D eigenvalue weighted by atomic mass is 9.82. The first-order chi connectivity index (χ1) is 11.0. The Labute approximate surface area is 142 Å². The second kappa shape index (κ2) is 5.17. The minimum atomic E-state index is 0.0289. The van der Waals surface area contributed by atoms with Crippen LogP contribution in [0.3, 0.4) is 0 Å². The molecule has 2 heterocycles. The van der Waals surface area contributed by atoms with Crippen molar-refractivity contribution < 1.29 is 9.53 Å². The maximum absolute atomic E-state index is 13.1. The summed E-state index contributed by atoms with van der Waals surface area (Å²) in [6, 6.07) is 6.46. The molecule has 1 spiro atoms. The lowest BCUT2D eigenvalue weighted by Crippen LogP contribution is -2.51. The molecule has 1 saturated heterocycles. The van der Waals surface area contributed by atoms with Gasteiger partial charge in [-0.05, 0) is 49.9 Å². The zero-order valence-corrected chi connectivity index (χ0v) is 15.0. The van der Waals surface area contributed by atoms with Crippen molar-refractivity contribution in [3.8, 4) is 5.75 Å². The third kappa shape index (κ3) is 2.21. The molecule has 23 heavy (non-hydrogen) atoms. The van der Waals surface area contributed by atoms with Crippen LogP contribution in [0.1, 0.15) is 63.1 Å². The number of amides is 1. The van der Waals surface area contributed by atoms with Crippen molar-refractivity contribution in [2.45, 2.75) is 68.0 Å². The van der Waals surface area contributed by atoms with Crippen molar-refractivity contribution in [2.75, 3.05) is 7.11 Å². The molecule has 1 atom stereocenters. The van der Waals surface area contributed by atoms with Crippen LogP contribution < -0.4 is 4.74 Å². The number of methoxy groups -OCH3 is 1. The van der Waals surface area contributed by atoms with E-state index in [9.17, 15) is 4.79 Å². The summed E-state index contributed by atoms with van der Waals surface area (Å²) in [5.74, 6) is 1.15. The average molecular weight is 331 g/mol. The van der Waals surface area contributed by atoms with Crippen LogP contribution in [0.2, 0.25) is 0 Å². The molecule has 1 saturated carbocycles. The molecule has 2 fully saturated rings. The van der Waals surface area contributed by atoms with Crippen LogP contribution in [0.25, 0.3) is 0 Å². The predicted octanol–water partition coefficient (Wildman–Crippen LogP) is 4.31. The summed E-state index contributed by atoms with van der Waals surface area (Å²) >= 11 is 2.05. The molecule has 1 aromatic rings. The monoisotopic (exact) mass is 331 g/mol. The maximum atomic E-state index is 13.1. The number of hydrogen-bond acceptors (Lipinski definition) is 3. The van der Waals surface area contributed by atoms with Gasteiger partial charge in [0.2, 0.25) is 5.91 Å². The third-order valence-electron chi connectivity index (χ3n) is 5.70. The first-order valence-corrected chi connectivity index (χ1v) is 9.48. The third-order valence-corrected chi connectivity index (χ3v) is 7.43. The summed E-state index contributed by atoms with van der Waals surface area (Å²) in [7, 11) is 1.69. The SMILES string of the molecule is COc1ccc2c(c1)CC(=O)N1[C@@H]2C(C)(C)SC12CCCCC2. The molecule has 0 radical (unpaired) electrons. The second-order valence-corrected chi connectivity index (χ2v) is 9.64. The quantitative estimate of drug-likeness (QED) is 0.768. The predicted molar refractivity (Wildman–Crippen MR) is 93.8 cm³/mol. The average Bonchev–Trinajstić information content (AvgIpc) is 2.75. The molecule has 1 amide bonds. The number of fused-ring (bicyclic) bond motifs is 4. The van der Waals surface area contributed by atoms with Crippen LogP contribution in [0.15, 0.2) is 18.2 Å². The highest BCUT2D eigenvalue weighted by Crippen LogP contribution is 2.63. The first-order valence-electron chi connectivity index (χ1n) is 8.66. The summed E-state index contributed by atoms with van der Waals surface area (Å²) in [5.41, 5.74) is 2.47. The van der Waals surface area contributed by atoms with Crippen molar-refractivity contribution >= 4 is 17.7 Å². The van der Waals surface area contributed by atoms with Gasteiger partial charge in [0.25, 0.3) is 0 Å². The number of nitrogens with zero attached hydrogens (tertiary/aromatic N) is 1. The zero-order valence-electron chi connectivity index (χ0n) is 14.2. The summed E-state index contributed by atoms with van der Waals surface area (Å²) < 4.78 is 5.41. The second-order valence-electron chi connectivity index (χ2n) is 7.62. The Balaban J connectivity index is 1.83. The van der Waals surface area contributed by atoms with Crippen LogP contribution in [-0.4, -0.2) is 27.5 Å². The highest BCUT2D eigenvalue weighted by atomic mass is 32.2. The van der Waals surface area contributed by atoms with E-state index in [1.807, 2.05) is 17.8 Å². The molecule has 2 aliphatic heterocycles. The number of rotatable bonds is 1. The number of carbonyl (C=O) groups excluding carboxylic acids is 1. The molecule has 0 N–H and O–H groups in total. The lowest BCUT2D eigenvalue weighted by Gasteiger charge is -2.45. The molecule has 4 heteroatoms. The van der Waals surface area contributed by atoms with Gasteiger partial charge in [0, 0.05) is 4.75 Å². The highest BCUT2D eigenvalue weighted by molar-refractivity contribution is 8.02. The van der Waals surface area contributed by atoms with E-state index in [-0.39, 0.29) is 15.7 Å². The van der Waals surface area contributed by atoms with E-state index in [4.69, 9.17) is 4.74 Å². The van der Waals surface area contributed by atoms with Gasteiger partial charge in [-0.2, -0.15) is 0 Å². The number of hydrogen-bond donors (Lipinski definition) is 0. The van der Waals surface area contributed by atoms with Gasteiger partial charge in [-0.1, -0.05) is 25.3 Å². The summed E-state index contributed by atoms with van der Waals surface area (Å²) in [6.07, 6.45) is 6.61. The van der Waals surface area contributed by atoms with Crippen molar-refractivity contribution in [3.63, 3.8) is 0 Å². The molecule has 3 nitrogen and oxygen atoms in total. The standard InChI is InChI=1S/C19H25NO2S/c1-18(2)17-15-8-7-14(22-3)11-13(15)12-16(21)20(17)19(23-18)9-5-4-6-10-19/h7-8,11,17H,4-6,9-10,12H2,1-3H3/t17-/m0/s1. The summed E-state index contributed by atoms with van der Waals surface area (Å²) in [5, 5.41) is 0. The fourth-order valence-electron chi connectivity index (χ4n) is 4.85. The summed E-state index contributed by atoms with van der Waals surface area (Å²) in [6.45, 7) is 4.62. The van der Waals surface area contributed by atoms with Gasteiger partial charge < -0.3 is 9.64 Å². The normalized spacial score (nSPS) is 27.7. The van der Waals surface area contributed by atoms with Gasteiger partial charge in [-0.25, -0.2) is 0 Å². The molecule has 3 aliphatic rings. The molecule has 0 bridgehead atoms. The molecule has 4 rings (SSSR count). The van der Waals surface area contributed by atoms with E-state index in [1.165, 1.54) is 24.8 Å². The molecule has 124 valence electrons. The Morgan fingerprint density at radius 2 is 1.96 bits per heavy atom. The van der Waals surface area contributed by atoms with Crippen LogP contribution >= 0.6 is 11.8 Å². The van der Waals surface area contributed by atoms with Crippen LogP contribution in [0.5, 0.6) is 5.75 Å². The lowest BCUT2D eigenvalue weighted by molar-refractivity contribution is -0.138. The van der Waals surface area contributed by atoms with Crippen molar-refractivity contribution in [2.24, 2.45) is 0 Å². The highest BCUT2D eigenvalue weighted by Gasteiger charge is 2.60. The molecular weight excluding hydrogens is 306 g/mol. The molecule has 1 aromatic carbocycles. The van der Waals surface area contributed by atoms with E-state index in [0.717, 1.165) is 24.2 Å². The fraction of sp³-hybridized carbons (Fsp3) is 0.632. The number of ether oxygens (including phenoxy) is 1. The Morgan fingerprint density at radius 3 is 2.65 bits per heavy atom. The molecular formula is C19H25NO2S. The van der Waals surface area contributed by atoms with Gasteiger partial charge >= 0.3 is 0 Å². The zero-order chi connectivity index (χ0) is 16.2. The largest absolute Gasteiger partial charge is 0.497 e. The number of benzene rings is 1. The fourth-order valence-corrected chi connectivity index (χ4v) is 6.97. The van der Waals surface area contributed by atoms with Crippen LogP contribution in [0, 0.1) is 0 Å². The van der Waals surface area contributed by atoms with E-state index in [2.05, 4.69) is 30.9 Å². The topological polar surface area (TPSA) is 29.5 Å². The Kier molecular flexibility index (Phi) is 3.45. The van der Waals surface area contributed by atoms with Crippen molar-refractivity contribution in [1.29, 1.82) is 0 Å². The van der Waals surface area contributed by atoms with Crippen LogP contribution in [0.4, 0.5) is 0 Å².